The molecule has 6 nitrogen and oxygen atoms in total. The fraction of sp³-hybridized carbons (Fsp3) is 0.667. The summed E-state index contributed by atoms with van der Waals surface area (Å²) in [5, 5.41) is 15.0. The average Bonchev–Trinajstić information content (AvgIpc) is 2.91. The Labute approximate surface area is 178 Å². The number of aliphatic hydroxyl groups is 1. The summed E-state index contributed by atoms with van der Waals surface area (Å²) in [6.07, 6.45) is 2.71. The van der Waals surface area contributed by atoms with Gasteiger partial charge < -0.3 is 9.63 Å². The van der Waals surface area contributed by atoms with E-state index in [9.17, 15) is 14.7 Å². The van der Waals surface area contributed by atoms with Crippen LogP contribution in [0.1, 0.15) is 96.0 Å². The van der Waals surface area contributed by atoms with Crippen molar-refractivity contribution in [1.82, 2.24) is 5.16 Å². The minimum atomic E-state index is -0.348. The number of aliphatic imine (C=N–C) groups is 1. The van der Waals surface area contributed by atoms with Crippen LogP contribution in [-0.4, -0.2) is 33.1 Å². The molecule has 2 aliphatic rings. The molecule has 0 saturated heterocycles. The van der Waals surface area contributed by atoms with Crippen LogP contribution in [0.3, 0.4) is 0 Å². The molecule has 164 valence electrons. The molecule has 30 heavy (non-hydrogen) atoms. The third kappa shape index (κ3) is 4.90. The predicted octanol–water partition coefficient (Wildman–Crippen LogP) is 5.20. The number of Topliss-reactive ketones (excluding diaryl/α,β-unsaturated/α-hetero) is 2. The third-order valence-electron chi connectivity index (χ3n) is 5.60. The zero-order valence-corrected chi connectivity index (χ0v) is 19.3. The van der Waals surface area contributed by atoms with E-state index in [1.165, 1.54) is 0 Å². The lowest BCUT2D eigenvalue weighted by Gasteiger charge is -2.32. The van der Waals surface area contributed by atoms with Crippen LogP contribution >= 0.6 is 0 Å². The SMILES string of the molecule is CC1(C)CC(=O)/C(=C(/O)CCc2noc3c2C(=O)CC(C)(C)C3)C(=NC(C)(C)C)C1. The Kier molecular flexibility index (Phi) is 5.59. The number of aryl methyl sites for hydroxylation is 1. The Morgan fingerprint density at radius 3 is 2.27 bits per heavy atom. The highest BCUT2D eigenvalue weighted by atomic mass is 16.5. The second-order valence-electron chi connectivity index (χ2n) is 11.4. The van der Waals surface area contributed by atoms with E-state index in [1.54, 1.807) is 0 Å². The molecule has 0 aromatic carbocycles. The molecule has 0 bridgehead atoms. The van der Waals surface area contributed by atoms with E-state index in [4.69, 9.17) is 9.52 Å². The number of hydrogen-bond donors (Lipinski definition) is 1. The molecule has 3 rings (SSSR count). The van der Waals surface area contributed by atoms with Gasteiger partial charge in [-0.15, -0.1) is 0 Å². The van der Waals surface area contributed by atoms with Gasteiger partial charge in [0.05, 0.1) is 28.1 Å². The molecule has 0 atom stereocenters. The van der Waals surface area contributed by atoms with Crippen molar-refractivity contribution in [3.63, 3.8) is 0 Å². The van der Waals surface area contributed by atoms with Gasteiger partial charge in [0.15, 0.2) is 11.6 Å². The predicted molar refractivity (Wildman–Crippen MR) is 116 cm³/mol. The van der Waals surface area contributed by atoms with E-state index in [1.807, 2.05) is 48.5 Å². The monoisotopic (exact) mass is 414 g/mol. The van der Waals surface area contributed by atoms with Crippen LogP contribution in [0, 0.1) is 10.8 Å². The van der Waals surface area contributed by atoms with Gasteiger partial charge in [0.2, 0.25) is 0 Å². The fourth-order valence-corrected chi connectivity index (χ4v) is 4.47. The topological polar surface area (TPSA) is 92.8 Å². The maximum Gasteiger partial charge on any atom is 0.168 e. The first-order valence-electron chi connectivity index (χ1n) is 10.7. The van der Waals surface area contributed by atoms with Crippen LogP contribution in [0.15, 0.2) is 20.8 Å². The Morgan fingerprint density at radius 1 is 1.03 bits per heavy atom. The molecule has 0 spiro atoms. The van der Waals surface area contributed by atoms with Crippen molar-refractivity contribution in [2.75, 3.05) is 0 Å². The zero-order valence-electron chi connectivity index (χ0n) is 19.3. The van der Waals surface area contributed by atoms with Gasteiger partial charge in [0, 0.05) is 32.1 Å². The minimum absolute atomic E-state index is 0.0267. The average molecular weight is 415 g/mol. The Balaban J connectivity index is 1.88. The van der Waals surface area contributed by atoms with Gasteiger partial charge in [-0.3, -0.25) is 14.6 Å². The van der Waals surface area contributed by atoms with Crippen molar-refractivity contribution in [3.8, 4) is 0 Å². The Bertz CT molecular complexity index is 939. The van der Waals surface area contributed by atoms with Crippen LogP contribution in [0.5, 0.6) is 0 Å². The third-order valence-corrected chi connectivity index (χ3v) is 5.60. The summed E-state index contributed by atoms with van der Waals surface area (Å²) in [5.41, 5.74) is 1.47. The second-order valence-corrected chi connectivity index (χ2v) is 11.4. The number of fused-ring (bicyclic) bond motifs is 1. The molecule has 0 amide bonds. The van der Waals surface area contributed by atoms with Gasteiger partial charge >= 0.3 is 0 Å². The molecule has 1 N–H and O–H groups in total. The standard InChI is InChI=1S/C24H34N2O4/c1-22(2,3)25-15-10-23(4,5)11-17(28)20(15)16(27)9-8-14-21-18(29)12-24(6,7)13-19(21)30-26-14/h27H,8-13H2,1-7H3/b20-16+,25-15?. The number of carbonyl (C=O) groups excluding carboxylic acids is 2. The molecule has 0 unspecified atom stereocenters. The largest absolute Gasteiger partial charge is 0.511 e. The number of hydrogen-bond acceptors (Lipinski definition) is 6. The molecule has 1 aromatic rings. The van der Waals surface area contributed by atoms with E-state index >= 15 is 0 Å². The van der Waals surface area contributed by atoms with Gasteiger partial charge in [0.1, 0.15) is 11.5 Å². The lowest BCUT2D eigenvalue weighted by atomic mass is 9.73. The maximum atomic E-state index is 12.9. The van der Waals surface area contributed by atoms with Gasteiger partial charge in [-0.1, -0.05) is 32.9 Å². The van der Waals surface area contributed by atoms with Crippen molar-refractivity contribution >= 4 is 17.3 Å². The minimum Gasteiger partial charge on any atom is -0.511 e. The van der Waals surface area contributed by atoms with E-state index in [2.05, 4.69) is 5.16 Å². The number of rotatable bonds is 3. The Morgan fingerprint density at radius 2 is 1.63 bits per heavy atom. The molecule has 1 fully saturated rings. The van der Waals surface area contributed by atoms with Crippen LogP contribution in [0.4, 0.5) is 0 Å². The summed E-state index contributed by atoms with van der Waals surface area (Å²) < 4.78 is 5.45. The van der Waals surface area contributed by atoms with E-state index in [-0.39, 0.29) is 40.1 Å². The van der Waals surface area contributed by atoms with E-state index < -0.39 is 0 Å². The fourth-order valence-electron chi connectivity index (χ4n) is 4.47. The molecule has 1 heterocycles. The molecule has 2 aliphatic carbocycles. The van der Waals surface area contributed by atoms with E-state index in [0.29, 0.717) is 60.4 Å². The summed E-state index contributed by atoms with van der Waals surface area (Å²) >= 11 is 0. The number of aromatic nitrogens is 1. The first-order valence-corrected chi connectivity index (χ1v) is 10.7. The molecule has 1 aromatic heterocycles. The lowest BCUT2D eigenvalue weighted by molar-refractivity contribution is -0.117. The quantitative estimate of drug-likeness (QED) is 0.542. The molecule has 0 radical (unpaired) electrons. The first-order chi connectivity index (χ1) is 13.7. The summed E-state index contributed by atoms with van der Waals surface area (Å²) in [4.78, 5) is 30.2. The summed E-state index contributed by atoms with van der Waals surface area (Å²) in [6.45, 7) is 14.1. The van der Waals surface area contributed by atoms with Crippen LogP contribution in [0.25, 0.3) is 0 Å². The van der Waals surface area contributed by atoms with Crippen molar-refractivity contribution in [2.45, 2.75) is 92.5 Å². The van der Waals surface area contributed by atoms with Crippen molar-refractivity contribution in [3.05, 3.63) is 28.3 Å². The zero-order chi connectivity index (χ0) is 22.5. The number of nitrogens with zero attached hydrogens (tertiary/aromatic N) is 2. The van der Waals surface area contributed by atoms with E-state index in [0.717, 1.165) is 0 Å². The number of allylic oxidation sites excluding steroid dienone is 2. The van der Waals surface area contributed by atoms with Gasteiger partial charge in [-0.25, -0.2) is 0 Å². The Hall–Kier alpha value is -2.24. The van der Waals surface area contributed by atoms with Crippen LogP contribution in [0.2, 0.25) is 0 Å². The first kappa shape index (κ1) is 22.4. The lowest BCUT2D eigenvalue weighted by Crippen LogP contribution is -2.34. The maximum absolute atomic E-state index is 12.9. The number of ketones is 2. The highest BCUT2D eigenvalue weighted by Gasteiger charge is 2.38. The van der Waals surface area contributed by atoms with Crippen LogP contribution in [-0.2, 0) is 17.6 Å². The summed E-state index contributed by atoms with van der Waals surface area (Å²) in [5.74, 6) is 0.615. The number of carbonyl (C=O) groups is 2. The molecule has 6 heteroatoms. The highest BCUT2D eigenvalue weighted by molar-refractivity contribution is 6.24. The molecular formula is C24H34N2O4. The molecule has 1 saturated carbocycles. The van der Waals surface area contributed by atoms with Gasteiger partial charge in [-0.05, 0) is 38.0 Å². The van der Waals surface area contributed by atoms with Gasteiger partial charge in [-0.2, -0.15) is 0 Å². The number of aliphatic hydroxyl groups excluding tert-OH is 1. The van der Waals surface area contributed by atoms with Gasteiger partial charge in [0.25, 0.3) is 0 Å². The van der Waals surface area contributed by atoms with Crippen molar-refractivity contribution < 1.29 is 19.2 Å². The van der Waals surface area contributed by atoms with Crippen LogP contribution < -0.4 is 0 Å². The molecular weight excluding hydrogens is 380 g/mol. The van der Waals surface area contributed by atoms with Crippen molar-refractivity contribution in [1.29, 1.82) is 0 Å². The highest BCUT2D eigenvalue weighted by Crippen LogP contribution is 2.38. The normalized spacial score (nSPS) is 24.2. The smallest absolute Gasteiger partial charge is 0.168 e. The summed E-state index contributed by atoms with van der Waals surface area (Å²) in [7, 11) is 0. The second kappa shape index (κ2) is 7.47. The van der Waals surface area contributed by atoms with Crippen molar-refractivity contribution in [2.24, 2.45) is 15.8 Å². The summed E-state index contributed by atoms with van der Waals surface area (Å²) in [6, 6.07) is 0. The molecule has 0 aliphatic heterocycles.